The fourth-order valence-electron chi connectivity index (χ4n) is 2.71. The van der Waals surface area contributed by atoms with E-state index in [0.29, 0.717) is 9.47 Å². The maximum atomic E-state index is 14.6. The van der Waals surface area contributed by atoms with Crippen LogP contribution >= 0.6 is 0 Å². The average molecular weight is 980 g/mol. The fourth-order valence-corrected chi connectivity index (χ4v) is 2.71. The molecule has 0 bridgehead atoms. The molecule has 0 spiro atoms. The van der Waals surface area contributed by atoms with Gasteiger partial charge in [-0.05, 0) is 0 Å². The van der Waals surface area contributed by atoms with Crippen LogP contribution in [-0.2, 0) is 23.7 Å². The van der Waals surface area contributed by atoms with Crippen LogP contribution in [0.3, 0.4) is 0 Å². The predicted molar refractivity (Wildman–Crippen MR) is 97.7 cm³/mol. The van der Waals surface area contributed by atoms with Crippen molar-refractivity contribution in [3.8, 4) is 0 Å². The van der Waals surface area contributed by atoms with Gasteiger partial charge in [0.1, 0.15) is 6.61 Å². The third kappa shape index (κ3) is 9.40. The van der Waals surface area contributed by atoms with Crippen LogP contribution in [0.5, 0.6) is 0 Å². The molecule has 0 aromatic rings. The molecule has 0 saturated heterocycles. The number of alkyl halides is 35. The maximum absolute atomic E-state index is 14.6. The van der Waals surface area contributed by atoms with Crippen LogP contribution in [0.2, 0.25) is 0 Å². The molecule has 0 fully saturated rings. The van der Waals surface area contributed by atoms with Crippen molar-refractivity contribution in [2.45, 2.75) is 103 Å². The third-order valence-corrected chi connectivity index (χ3v) is 5.67. The number of hydrogen-bond acceptors (Lipinski definition) is 6. The molecule has 356 valence electrons. The molecule has 0 heterocycles. The van der Waals surface area contributed by atoms with Crippen LogP contribution in [0.4, 0.5) is 154 Å². The Bertz CT molecular complexity index is 1450. The number of aliphatic hydroxyl groups is 1. The summed E-state index contributed by atoms with van der Waals surface area (Å²) in [5.41, 5.74) is 0. The number of rotatable bonds is 16. The van der Waals surface area contributed by atoms with Gasteiger partial charge in [-0.1, -0.05) is 0 Å². The van der Waals surface area contributed by atoms with Gasteiger partial charge in [0.25, 0.3) is 0 Å². The van der Waals surface area contributed by atoms with Crippen molar-refractivity contribution in [1.29, 1.82) is 0 Å². The SMILES string of the molecule is OC[C@@](F)(OC(F)(F)[C@@](F)(OC(F)(F)[C@](F)(OC(F)(F)[C@](F)(OC(F)(F)[C@](F)(OC(F)(F)C(F)(F)C(F)(F)F)C(F)(F)F)C(F)(F)F)C(F)(F)F)C(F)(F)F)C(F)(F)F. The minimum atomic E-state index is -9.58. The van der Waals surface area contributed by atoms with Crippen molar-refractivity contribution < 1.29 is 182 Å². The summed E-state index contributed by atoms with van der Waals surface area (Å²) in [4.78, 5) is 0. The molecule has 0 amide bonds. The first-order chi connectivity index (χ1) is 24.8. The lowest BCUT2D eigenvalue weighted by Crippen LogP contribution is -2.73. The zero-order valence-electron chi connectivity index (χ0n) is 24.9. The summed E-state index contributed by atoms with van der Waals surface area (Å²) in [5, 5.41) is 8.13. The Kier molecular flexibility index (Phi) is 14.0. The topological polar surface area (TPSA) is 66.4 Å². The minimum absolute atomic E-state index is 0.705. The highest BCUT2D eigenvalue weighted by atomic mass is 19.5. The Morgan fingerprint density at radius 1 is 0.237 bits per heavy atom. The highest BCUT2D eigenvalue weighted by molar-refractivity contribution is 5.00. The number of hydrogen-bond donors (Lipinski definition) is 1. The molecule has 0 aliphatic rings. The van der Waals surface area contributed by atoms with E-state index in [1.54, 1.807) is 0 Å². The molecule has 0 aliphatic heterocycles. The van der Waals surface area contributed by atoms with Gasteiger partial charge in [0.15, 0.2) is 0 Å². The second kappa shape index (κ2) is 14.7. The van der Waals surface area contributed by atoms with E-state index in [1.165, 1.54) is 4.74 Å². The molecule has 0 aromatic carbocycles. The Hall–Kier alpha value is -2.69. The van der Waals surface area contributed by atoms with Crippen molar-refractivity contribution in [2.75, 3.05) is 6.61 Å². The van der Waals surface area contributed by atoms with E-state index in [2.05, 4.69) is 0 Å². The normalized spacial score (nSPS) is 20.9. The summed E-state index contributed by atoms with van der Waals surface area (Å²) in [6.07, 6.45) is -97.2. The zero-order valence-corrected chi connectivity index (χ0v) is 24.9. The molecule has 1 N–H and O–H groups in total. The summed E-state index contributed by atoms with van der Waals surface area (Å²) < 4.78 is 472. The number of halogens is 35. The quantitative estimate of drug-likeness (QED) is 0.156. The Balaban J connectivity index is 7.96. The fraction of sp³-hybridized carbons (Fsp3) is 1.00. The van der Waals surface area contributed by atoms with Gasteiger partial charge in [-0.25, -0.2) is 0 Å². The Morgan fingerprint density at radius 3 is 0.576 bits per heavy atom. The zero-order chi connectivity index (χ0) is 48.7. The molecule has 6 nitrogen and oxygen atoms in total. The highest BCUT2D eigenvalue weighted by Crippen LogP contribution is 2.62. The van der Waals surface area contributed by atoms with Crippen LogP contribution < -0.4 is 0 Å². The number of aliphatic hydroxyl groups excluding tert-OH is 1. The first-order valence-electron chi connectivity index (χ1n) is 12.1. The van der Waals surface area contributed by atoms with E-state index < -0.39 is 109 Å². The second-order valence-corrected chi connectivity index (χ2v) is 9.92. The van der Waals surface area contributed by atoms with Crippen LogP contribution in [0.25, 0.3) is 0 Å². The highest BCUT2D eigenvalue weighted by Gasteiger charge is 2.91. The molecular weight excluding hydrogens is 977 g/mol. The van der Waals surface area contributed by atoms with Crippen molar-refractivity contribution in [3.63, 3.8) is 0 Å². The monoisotopic (exact) mass is 980 g/mol. The Labute approximate surface area is 293 Å². The van der Waals surface area contributed by atoms with Gasteiger partial charge in [0.2, 0.25) is 0 Å². The van der Waals surface area contributed by atoms with Gasteiger partial charge < -0.3 is 5.11 Å². The summed E-state index contributed by atoms with van der Waals surface area (Å²) in [7, 11) is 0. The van der Waals surface area contributed by atoms with Crippen LogP contribution in [-0.4, -0.2) is 115 Å². The smallest absolute Gasteiger partial charge is 0.390 e. The van der Waals surface area contributed by atoms with Gasteiger partial charge in [-0.2, -0.15) is 154 Å². The van der Waals surface area contributed by atoms with E-state index in [4.69, 9.17) is 5.11 Å². The largest absolute Gasteiger partial charge is 0.462 e. The van der Waals surface area contributed by atoms with Crippen LogP contribution in [0.1, 0.15) is 0 Å². The van der Waals surface area contributed by atoms with Crippen molar-refractivity contribution in [3.05, 3.63) is 0 Å². The van der Waals surface area contributed by atoms with Crippen LogP contribution in [0.15, 0.2) is 0 Å². The van der Waals surface area contributed by atoms with Gasteiger partial charge >= 0.3 is 103 Å². The average Bonchev–Trinajstić information content (AvgIpc) is 2.91. The lowest BCUT2D eigenvalue weighted by Gasteiger charge is -2.44. The summed E-state index contributed by atoms with van der Waals surface area (Å²) in [6, 6.07) is 0. The van der Waals surface area contributed by atoms with Crippen molar-refractivity contribution in [2.24, 2.45) is 0 Å². The van der Waals surface area contributed by atoms with Gasteiger partial charge in [0, 0.05) is 0 Å². The summed E-state index contributed by atoms with van der Waals surface area (Å²) in [6.45, 7) is -3.90. The third-order valence-electron chi connectivity index (χ3n) is 5.67. The van der Waals surface area contributed by atoms with Crippen molar-refractivity contribution >= 4 is 0 Å². The standard InChI is InChI=1S/C18H3F35O6/c19-2(1-54,8(26,27)28)55-15(46,47)4(22,10(32,33)34)57-17(50,51)6(24,12(38,39)40)59-18(52,53)7(25,13(41,42)43)58-16(48,49)5(23,11(35,36)37)56-14(44,45)3(20,21)9(29,30)31/h54H,1H2/t2-,4+,5-,6-,7-/m1/s1. The summed E-state index contributed by atoms with van der Waals surface area (Å²) >= 11 is 0. The number of ether oxygens (including phenoxy) is 5. The van der Waals surface area contributed by atoms with Crippen molar-refractivity contribution in [1.82, 2.24) is 0 Å². The minimum Gasteiger partial charge on any atom is -0.390 e. The summed E-state index contributed by atoms with van der Waals surface area (Å²) in [5.74, 6) is -52.8. The van der Waals surface area contributed by atoms with E-state index in [1.807, 2.05) is 0 Å². The van der Waals surface area contributed by atoms with E-state index in [9.17, 15) is 154 Å². The first-order valence-corrected chi connectivity index (χ1v) is 12.1. The van der Waals surface area contributed by atoms with E-state index in [0.717, 1.165) is 9.47 Å². The van der Waals surface area contributed by atoms with Gasteiger partial charge in [0.05, 0.1) is 0 Å². The molecular formula is C18H3F35O6. The molecule has 0 rings (SSSR count). The molecule has 0 aliphatic carbocycles. The first kappa shape index (κ1) is 56.3. The molecule has 0 unspecified atom stereocenters. The van der Waals surface area contributed by atoms with Gasteiger partial charge in [-0.3, -0.25) is 23.7 Å². The Morgan fingerprint density at radius 2 is 0.424 bits per heavy atom. The van der Waals surface area contributed by atoms with Gasteiger partial charge in [-0.15, -0.1) is 0 Å². The predicted octanol–water partition coefficient (Wildman–Crippen LogP) is 10.4. The molecule has 0 saturated carbocycles. The van der Waals surface area contributed by atoms with E-state index >= 15 is 0 Å². The second-order valence-electron chi connectivity index (χ2n) is 9.92. The lowest BCUT2D eigenvalue weighted by molar-refractivity contribution is -0.600. The maximum Gasteiger partial charge on any atom is 0.462 e. The molecule has 0 aromatic heterocycles. The molecule has 41 heteroatoms. The molecule has 0 radical (unpaired) electrons. The molecule has 59 heavy (non-hydrogen) atoms. The molecule has 5 atom stereocenters. The van der Waals surface area contributed by atoms with E-state index in [-0.39, 0.29) is 0 Å². The van der Waals surface area contributed by atoms with Crippen LogP contribution in [0, 0.1) is 0 Å². The lowest BCUT2D eigenvalue weighted by atomic mass is 10.2.